The Balaban J connectivity index is 1.40. The highest BCUT2D eigenvalue weighted by atomic mass is 16.5. The summed E-state index contributed by atoms with van der Waals surface area (Å²) in [5, 5.41) is 14.4. The molecule has 1 fully saturated rings. The SMILES string of the molecule is NCCOCCNC(=O)[C@@H]1Cc2ccccc2CNC(=O)/C=C/CC(=O)N2CCC[C@H](C2)C(=O)N[C@@H](Cc2ccco2)C(=O)NCc2ccccc2CC(=O)N1. The van der Waals surface area contributed by atoms with Gasteiger partial charge in [-0.15, -0.1) is 0 Å². The molecule has 6 amide bonds. The van der Waals surface area contributed by atoms with Crippen LogP contribution in [0.3, 0.4) is 0 Å². The van der Waals surface area contributed by atoms with Crippen molar-refractivity contribution in [3.05, 3.63) is 107 Å². The van der Waals surface area contributed by atoms with Crippen LogP contribution in [0.4, 0.5) is 0 Å². The van der Waals surface area contributed by atoms with Crippen molar-refractivity contribution in [2.75, 3.05) is 39.4 Å². The fourth-order valence-corrected chi connectivity index (χ4v) is 6.72. The van der Waals surface area contributed by atoms with E-state index in [0.717, 1.165) is 11.1 Å². The van der Waals surface area contributed by atoms with E-state index in [1.165, 1.54) is 18.4 Å². The zero-order valence-corrected chi connectivity index (χ0v) is 31.4. The summed E-state index contributed by atoms with van der Waals surface area (Å²) >= 11 is 0. The molecular weight excluding hydrogens is 718 g/mol. The number of furan rings is 1. The van der Waals surface area contributed by atoms with Gasteiger partial charge in [0, 0.05) is 58.5 Å². The van der Waals surface area contributed by atoms with Gasteiger partial charge in [-0.2, -0.15) is 0 Å². The summed E-state index contributed by atoms with van der Waals surface area (Å²) in [6.07, 6.45) is 5.56. The number of carbonyl (C=O) groups is 6. The highest BCUT2D eigenvalue weighted by Gasteiger charge is 2.31. The van der Waals surface area contributed by atoms with Crippen molar-refractivity contribution in [3.8, 4) is 0 Å². The summed E-state index contributed by atoms with van der Waals surface area (Å²) in [5.41, 5.74) is 8.31. The molecule has 3 aromatic rings. The molecule has 3 atom stereocenters. The first-order valence-electron chi connectivity index (χ1n) is 19.0. The van der Waals surface area contributed by atoms with E-state index in [-0.39, 0.29) is 70.3 Å². The number of nitrogens with one attached hydrogen (secondary N) is 5. The second-order valence-electron chi connectivity index (χ2n) is 13.8. The molecule has 2 aromatic carbocycles. The first-order valence-corrected chi connectivity index (χ1v) is 19.0. The van der Waals surface area contributed by atoms with E-state index in [1.54, 1.807) is 41.3 Å². The number of carbonyl (C=O) groups excluding carboxylic acids is 6. The van der Waals surface area contributed by atoms with E-state index in [2.05, 4.69) is 26.6 Å². The van der Waals surface area contributed by atoms with Crippen molar-refractivity contribution in [2.45, 2.75) is 63.7 Å². The minimum atomic E-state index is -0.978. The smallest absolute Gasteiger partial charge is 0.243 e. The maximum absolute atomic E-state index is 13.7. The average Bonchev–Trinajstić information content (AvgIpc) is 3.72. The number of piperidine rings is 1. The first kappa shape index (κ1) is 41.4. The maximum atomic E-state index is 13.7. The van der Waals surface area contributed by atoms with Crippen LogP contribution in [0.1, 0.15) is 47.3 Å². The molecule has 7 N–H and O–H groups in total. The van der Waals surface area contributed by atoms with Gasteiger partial charge >= 0.3 is 0 Å². The van der Waals surface area contributed by atoms with E-state index >= 15 is 0 Å². The molecule has 15 heteroatoms. The third kappa shape index (κ3) is 12.6. The maximum Gasteiger partial charge on any atom is 0.243 e. The summed E-state index contributed by atoms with van der Waals surface area (Å²) < 4.78 is 10.9. The molecule has 1 aromatic heterocycles. The second kappa shape index (κ2) is 21.3. The third-order valence-electron chi connectivity index (χ3n) is 9.70. The Morgan fingerprint density at radius 3 is 2.36 bits per heavy atom. The average molecular weight is 770 g/mol. The van der Waals surface area contributed by atoms with E-state index < -0.39 is 41.6 Å². The summed E-state index contributed by atoms with van der Waals surface area (Å²) in [4.78, 5) is 82.0. The Morgan fingerprint density at radius 2 is 1.61 bits per heavy atom. The highest BCUT2D eigenvalue weighted by molar-refractivity contribution is 5.91. The van der Waals surface area contributed by atoms with Crippen LogP contribution in [-0.4, -0.2) is 91.8 Å². The normalized spacial score (nSPS) is 21.1. The van der Waals surface area contributed by atoms with Gasteiger partial charge in [-0.1, -0.05) is 54.6 Å². The Hall–Kier alpha value is -5.80. The number of hydrogen-bond donors (Lipinski definition) is 6. The van der Waals surface area contributed by atoms with Crippen molar-refractivity contribution in [2.24, 2.45) is 11.7 Å². The minimum Gasteiger partial charge on any atom is -0.469 e. The largest absolute Gasteiger partial charge is 0.469 e. The number of fused-ring (bicyclic) bond motifs is 4. The van der Waals surface area contributed by atoms with Gasteiger partial charge in [0.05, 0.1) is 31.8 Å². The topological polar surface area (TPSA) is 214 Å². The van der Waals surface area contributed by atoms with Crippen molar-refractivity contribution in [1.82, 2.24) is 31.5 Å². The van der Waals surface area contributed by atoms with E-state index in [0.29, 0.717) is 49.4 Å². The van der Waals surface area contributed by atoms with Crippen LogP contribution in [0, 0.1) is 5.92 Å². The molecule has 2 bridgehead atoms. The molecule has 0 unspecified atom stereocenters. The van der Waals surface area contributed by atoms with Gasteiger partial charge in [-0.3, -0.25) is 28.8 Å². The molecule has 0 aliphatic carbocycles. The molecular formula is C41H51N7O8. The standard InChI is InChI=1S/C41H51N7O8/c42-16-20-55-21-17-43-40(53)34-22-28-8-1-3-10-30(28)25-44-36(49)14-5-15-38(51)48-18-6-12-32(27-48)39(52)47-35(24-33-13-7-19-56-33)41(54)45-26-31-11-4-2-9-29(31)23-37(50)46-34/h1-5,7-11,13-14,19,32,34-35H,6,12,15-18,20-27,42H2,(H,43,53)(H,44,49)(H,45,54)(H,46,50)(H,47,52)/b14-5+/t32-,34+,35+/m1/s1. The quantitative estimate of drug-likeness (QED) is 0.179. The molecule has 0 spiro atoms. The first-order chi connectivity index (χ1) is 27.2. The lowest BCUT2D eigenvalue weighted by Crippen LogP contribution is -2.52. The van der Waals surface area contributed by atoms with E-state index in [4.69, 9.17) is 14.9 Å². The number of amides is 6. The molecule has 15 nitrogen and oxygen atoms in total. The van der Waals surface area contributed by atoms with Crippen molar-refractivity contribution in [3.63, 3.8) is 0 Å². The molecule has 0 saturated carbocycles. The zero-order valence-electron chi connectivity index (χ0n) is 31.4. The van der Waals surface area contributed by atoms with Gasteiger partial charge in [0.2, 0.25) is 35.4 Å². The molecule has 5 rings (SSSR count). The Labute approximate surface area is 326 Å². The van der Waals surface area contributed by atoms with Crippen molar-refractivity contribution < 1.29 is 37.9 Å². The number of hydrogen-bond acceptors (Lipinski definition) is 9. The van der Waals surface area contributed by atoms with Crippen LogP contribution in [0.15, 0.2) is 83.5 Å². The highest BCUT2D eigenvalue weighted by Crippen LogP contribution is 2.19. The van der Waals surface area contributed by atoms with Crippen LogP contribution >= 0.6 is 0 Å². The lowest BCUT2D eigenvalue weighted by molar-refractivity contribution is -0.137. The molecule has 0 radical (unpaired) electrons. The second-order valence-corrected chi connectivity index (χ2v) is 13.8. The number of rotatable bonds is 8. The van der Waals surface area contributed by atoms with E-state index in [1.807, 2.05) is 24.3 Å². The molecule has 3 heterocycles. The zero-order chi connectivity index (χ0) is 39.7. The van der Waals surface area contributed by atoms with Gasteiger partial charge in [-0.05, 0) is 53.3 Å². The lowest BCUT2D eigenvalue weighted by atomic mass is 9.96. The predicted octanol–water partition coefficient (Wildman–Crippen LogP) is 0.800. The summed E-state index contributed by atoms with van der Waals surface area (Å²) in [5.74, 6) is -2.28. The van der Waals surface area contributed by atoms with Crippen LogP contribution in [-0.2, 0) is 65.9 Å². The summed E-state index contributed by atoms with van der Waals surface area (Å²) in [6, 6.07) is 15.9. The van der Waals surface area contributed by atoms with Crippen molar-refractivity contribution in [1.29, 1.82) is 0 Å². The minimum absolute atomic E-state index is 0.0307. The molecule has 1 saturated heterocycles. The van der Waals surface area contributed by atoms with Gasteiger partial charge in [-0.25, -0.2) is 0 Å². The summed E-state index contributed by atoms with van der Waals surface area (Å²) in [6.45, 7) is 2.03. The van der Waals surface area contributed by atoms with Crippen LogP contribution in [0.25, 0.3) is 0 Å². The fraction of sp³-hybridized carbons (Fsp3) is 0.415. The lowest BCUT2D eigenvalue weighted by Gasteiger charge is -2.32. The van der Waals surface area contributed by atoms with Crippen LogP contribution in [0.5, 0.6) is 0 Å². The Morgan fingerprint density at radius 1 is 0.875 bits per heavy atom. The Kier molecular flexibility index (Phi) is 15.8. The summed E-state index contributed by atoms with van der Waals surface area (Å²) in [7, 11) is 0. The molecule has 2 aliphatic rings. The van der Waals surface area contributed by atoms with Crippen LogP contribution in [0.2, 0.25) is 0 Å². The number of nitrogens with zero attached hydrogens (tertiary/aromatic N) is 1. The molecule has 2 aliphatic heterocycles. The fourth-order valence-electron chi connectivity index (χ4n) is 6.72. The van der Waals surface area contributed by atoms with Gasteiger partial charge in [0.15, 0.2) is 0 Å². The number of nitrogens with two attached hydrogens (primary N) is 1. The Bertz CT molecular complexity index is 1850. The number of benzene rings is 2. The predicted molar refractivity (Wildman–Crippen MR) is 206 cm³/mol. The van der Waals surface area contributed by atoms with Gasteiger partial charge in [0.25, 0.3) is 0 Å². The molecule has 298 valence electrons. The van der Waals surface area contributed by atoms with Gasteiger partial charge < -0.3 is 46.4 Å². The van der Waals surface area contributed by atoms with Gasteiger partial charge in [0.1, 0.15) is 17.8 Å². The monoisotopic (exact) mass is 769 g/mol. The van der Waals surface area contributed by atoms with Crippen LogP contribution < -0.4 is 32.3 Å². The van der Waals surface area contributed by atoms with E-state index in [9.17, 15) is 28.8 Å². The number of ether oxygens (including phenoxy) is 1. The third-order valence-corrected chi connectivity index (χ3v) is 9.70. The van der Waals surface area contributed by atoms with Crippen molar-refractivity contribution >= 4 is 35.4 Å². The molecule has 56 heavy (non-hydrogen) atoms.